The molecule has 2 saturated heterocycles. The number of benzene rings is 2. The van der Waals surface area contributed by atoms with Gasteiger partial charge in [0.25, 0.3) is 0 Å². The van der Waals surface area contributed by atoms with Gasteiger partial charge in [0.1, 0.15) is 5.25 Å². The molecule has 32 heavy (non-hydrogen) atoms. The lowest BCUT2D eigenvalue weighted by Crippen LogP contribution is -2.28. The molecule has 2 aliphatic rings. The van der Waals surface area contributed by atoms with Crippen LogP contribution in [0.3, 0.4) is 0 Å². The van der Waals surface area contributed by atoms with Crippen molar-refractivity contribution in [1.82, 2.24) is 5.32 Å². The van der Waals surface area contributed by atoms with E-state index < -0.39 is 5.25 Å². The van der Waals surface area contributed by atoms with Gasteiger partial charge in [0, 0.05) is 30.9 Å². The first-order valence-corrected chi connectivity index (χ1v) is 11.1. The number of amides is 2. The van der Waals surface area contributed by atoms with Gasteiger partial charge in [0.05, 0.1) is 6.21 Å². The van der Waals surface area contributed by atoms with Gasteiger partial charge in [-0.1, -0.05) is 11.8 Å². The summed E-state index contributed by atoms with van der Waals surface area (Å²) in [5, 5.41) is 31.8. The largest absolute Gasteiger partial charge is 0.504 e. The fourth-order valence-corrected chi connectivity index (χ4v) is 4.39. The first-order chi connectivity index (χ1) is 15.5. The summed E-state index contributed by atoms with van der Waals surface area (Å²) in [6.45, 7) is 2.12. The van der Waals surface area contributed by atoms with Crippen molar-refractivity contribution in [2.24, 2.45) is 10.2 Å². The van der Waals surface area contributed by atoms with Crippen molar-refractivity contribution in [3.63, 3.8) is 0 Å². The summed E-state index contributed by atoms with van der Waals surface area (Å²) in [6.07, 6.45) is 3.80. The SMILES string of the molecule is O=C(CC1S/C(=N/N=C/c2ccc(O)c(O)c2)NC1=O)Nc1ccc(N2CCCC2)cc1. The molecule has 0 saturated carbocycles. The molecule has 0 bridgehead atoms. The monoisotopic (exact) mass is 453 g/mol. The van der Waals surface area contributed by atoms with Crippen LogP contribution in [0.25, 0.3) is 0 Å². The van der Waals surface area contributed by atoms with Gasteiger partial charge in [-0.25, -0.2) is 0 Å². The van der Waals surface area contributed by atoms with E-state index in [2.05, 4.69) is 25.7 Å². The number of carbonyl (C=O) groups is 2. The second-order valence-corrected chi connectivity index (χ2v) is 8.68. The third-order valence-electron chi connectivity index (χ3n) is 5.12. The Balaban J connectivity index is 1.29. The topological polar surface area (TPSA) is 127 Å². The normalized spacial score (nSPS) is 19.6. The van der Waals surface area contributed by atoms with E-state index in [9.17, 15) is 19.8 Å². The highest BCUT2D eigenvalue weighted by molar-refractivity contribution is 8.15. The van der Waals surface area contributed by atoms with Gasteiger partial charge in [-0.3, -0.25) is 9.59 Å². The van der Waals surface area contributed by atoms with Crippen LogP contribution in [0.15, 0.2) is 52.7 Å². The Bertz CT molecular complexity index is 1060. The number of nitrogens with one attached hydrogen (secondary N) is 2. The molecular formula is C22H23N5O4S. The third kappa shape index (κ3) is 5.38. The lowest BCUT2D eigenvalue weighted by Gasteiger charge is -2.17. The number of aromatic hydroxyl groups is 2. The van der Waals surface area contributed by atoms with Gasteiger partial charge in [0.2, 0.25) is 11.8 Å². The minimum Gasteiger partial charge on any atom is -0.504 e. The predicted octanol–water partition coefficient (Wildman–Crippen LogP) is 2.65. The lowest BCUT2D eigenvalue weighted by atomic mass is 10.2. The van der Waals surface area contributed by atoms with E-state index in [0.29, 0.717) is 16.4 Å². The number of phenolic OH excluding ortho intramolecular Hbond substituents is 2. The average molecular weight is 454 g/mol. The van der Waals surface area contributed by atoms with Crippen LogP contribution < -0.4 is 15.5 Å². The molecule has 0 radical (unpaired) electrons. The summed E-state index contributed by atoms with van der Waals surface area (Å²) < 4.78 is 0. The van der Waals surface area contributed by atoms with Crippen molar-refractivity contribution in [2.45, 2.75) is 24.5 Å². The first kappa shape index (κ1) is 21.7. The molecule has 2 aliphatic heterocycles. The van der Waals surface area contributed by atoms with Gasteiger partial charge in [0.15, 0.2) is 16.7 Å². The lowest BCUT2D eigenvalue weighted by molar-refractivity contribution is -0.122. The first-order valence-electron chi connectivity index (χ1n) is 10.2. The Morgan fingerprint density at radius 1 is 1.16 bits per heavy atom. The maximum Gasteiger partial charge on any atom is 0.240 e. The summed E-state index contributed by atoms with van der Waals surface area (Å²) in [4.78, 5) is 26.9. The van der Waals surface area contributed by atoms with E-state index in [1.54, 1.807) is 6.07 Å². The Hall–Kier alpha value is -3.53. The van der Waals surface area contributed by atoms with E-state index in [4.69, 9.17) is 0 Å². The van der Waals surface area contributed by atoms with Gasteiger partial charge in [-0.05, 0) is 60.9 Å². The number of rotatable bonds is 6. The number of anilines is 2. The van der Waals surface area contributed by atoms with Gasteiger partial charge in [-0.2, -0.15) is 5.10 Å². The highest BCUT2D eigenvalue weighted by Crippen LogP contribution is 2.26. The predicted molar refractivity (Wildman–Crippen MR) is 125 cm³/mol. The molecule has 0 aliphatic carbocycles. The molecule has 9 nitrogen and oxygen atoms in total. The van der Waals surface area contributed by atoms with Crippen LogP contribution in [0.4, 0.5) is 11.4 Å². The summed E-state index contributed by atoms with van der Waals surface area (Å²) in [7, 11) is 0. The van der Waals surface area contributed by atoms with E-state index in [-0.39, 0.29) is 29.7 Å². The molecule has 0 aromatic heterocycles. The minimum atomic E-state index is -0.592. The summed E-state index contributed by atoms with van der Waals surface area (Å²) in [6, 6.07) is 12.0. The molecule has 10 heteroatoms. The Labute approximate surface area is 189 Å². The Kier molecular flexibility index (Phi) is 6.60. The fourth-order valence-electron chi connectivity index (χ4n) is 3.47. The van der Waals surface area contributed by atoms with Crippen molar-refractivity contribution in [2.75, 3.05) is 23.3 Å². The minimum absolute atomic E-state index is 0.0128. The smallest absolute Gasteiger partial charge is 0.240 e. The Morgan fingerprint density at radius 2 is 1.91 bits per heavy atom. The van der Waals surface area contributed by atoms with Crippen LogP contribution >= 0.6 is 11.8 Å². The zero-order chi connectivity index (χ0) is 22.5. The molecule has 2 amide bonds. The molecule has 2 fully saturated rings. The molecule has 4 rings (SSSR count). The number of carbonyl (C=O) groups excluding carboxylic acids is 2. The molecule has 4 N–H and O–H groups in total. The van der Waals surface area contributed by atoms with Gasteiger partial charge < -0.3 is 25.7 Å². The van der Waals surface area contributed by atoms with Crippen molar-refractivity contribution >= 4 is 46.3 Å². The van der Waals surface area contributed by atoms with E-state index in [1.165, 1.54) is 31.2 Å². The van der Waals surface area contributed by atoms with E-state index in [1.807, 2.05) is 24.3 Å². The van der Waals surface area contributed by atoms with Crippen molar-refractivity contribution in [3.8, 4) is 11.5 Å². The molecule has 1 unspecified atom stereocenters. The van der Waals surface area contributed by atoms with E-state index in [0.717, 1.165) is 30.5 Å². The van der Waals surface area contributed by atoms with Crippen LogP contribution in [0.2, 0.25) is 0 Å². The summed E-state index contributed by atoms with van der Waals surface area (Å²) in [5.74, 6) is -1.04. The maximum atomic E-state index is 12.4. The third-order valence-corrected chi connectivity index (χ3v) is 6.20. The van der Waals surface area contributed by atoms with Crippen LogP contribution in [-0.2, 0) is 9.59 Å². The van der Waals surface area contributed by atoms with E-state index >= 15 is 0 Å². The number of hydrogen-bond donors (Lipinski definition) is 4. The number of amidine groups is 1. The Morgan fingerprint density at radius 3 is 2.62 bits per heavy atom. The zero-order valence-corrected chi connectivity index (χ0v) is 18.0. The molecule has 2 aromatic rings. The molecule has 2 heterocycles. The number of hydrogen-bond acceptors (Lipinski definition) is 8. The highest BCUT2D eigenvalue weighted by atomic mass is 32.2. The molecular weight excluding hydrogens is 430 g/mol. The molecule has 0 spiro atoms. The molecule has 2 aromatic carbocycles. The van der Waals surface area contributed by atoms with Gasteiger partial charge in [-0.15, -0.1) is 5.10 Å². The quantitative estimate of drug-likeness (QED) is 0.303. The second kappa shape index (κ2) is 9.73. The number of thioether (sulfide) groups is 1. The fraction of sp³-hybridized carbons (Fsp3) is 0.273. The summed E-state index contributed by atoms with van der Waals surface area (Å²) in [5.41, 5.74) is 2.37. The second-order valence-electron chi connectivity index (χ2n) is 7.49. The maximum absolute atomic E-state index is 12.4. The van der Waals surface area contributed by atoms with Crippen LogP contribution in [0.1, 0.15) is 24.8 Å². The standard InChI is InChI=1S/C22H23N5O4S/c28-17-8-3-14(11-18(17)29)13-23-26-22-25-21(31)19(32-22)12-20(30)24-15-4-6-16(7-5-15)27-9-1-2-10-27/h3-8,11,13,19,28-29H,1-2,9-10,12H2,(H,24,30)(H,25,26,31)/b23-13+. The number of phenols is 2. The number of nitrogens with zero attached hydrogens (tertiary/aromatic N) is 3. The van der Waals surface area contributed by atoms with Gasteiger partial charge >= 0.3 is 0 Å². The van der Waals surface area contributed by atoms with Crippen molar-refractivity contribution in [1.29, 1.82) is 0 Å². The van der Waals surface area contributed by atoms with Crippen molar-refractivity contribution < 1.29 is 19.8 Å². The van der Waals surface area contributed by atoms with Crippen LogP contribution in [0.5, 0.6) is 11.5 Å². The molecule has 1 atom stereocenters. The average Bonchev–Trinajstić information content (AvgIpc) is 3.42. The van der Waals surface area contributed by atoms with Crippen LogP contribution in [0, 0.1) is 0 Å². The highest BCUT2D eigenvalue weighted by Gasteiger charge is 2.32. The summed E-state index contributed by atoms with van der Waals surface area (Å²) >= 11 is 1.14. The van der Waals surface area contributed by atoms with Crippen LogP contribution in [-0.4, -0.2) is 51.7 Å². The molecule has 166 valence electrons. The zero-order valence-electron chi connectivity index (χ0n) is 17.2. The van der Waals surface area contributed by atoms with Crippen molar-refractivity contribution in [3.05, 3.63) is 48.0 Å².